The number of carboxylic acids is 1. The molecule has 0 radical (unpaired) electrons. The molecule has 0 aliphatic carbocycles. The van der Waals surface area contributed by atoms with Crippen LogP contribution in [0.25, 0.3) is 0 Å². The third kappa shape index (κ3) is 2.92. The van der Waals surface area contributed by atoms with Crippen molar-refractivity contribution in [3.63, 3.8) is 0 Å². The molecular formula is C13H11IN2O2. The average molecular weight is 354 g/mol. The fourth-order valence-corrected chi connectivity index (χ4v) is 1.85. The zero-order valence-corrected chi connectivity index (χ0v) is 11.5. The number of aromatic carboxylic acids is 1. The average Bonchev–Trinajstić information content (AvgIpc) is 2.34. The number of nitrogens with one attached hydrogen (secondary N) is 1. The summed E-state index contributed by atoms with van der Waals surface area (Å²) in [5.41, 5.74) is 7.99. The minimum atomic E-state index is -0.972. The minimum absolute atomic E-state index is 0.206. The lowest BCUT2D eigenvalue weighted by molar-refractivity contribution is 0.0697. The van der Waals surface area contributed by atoms with Gasteiger partial charge in [0.25, 0.3) is 0 Å². The van der Waals surface area contributed by atoms with Crippen molar-refractivity contribution in [2.24, 2.45) is 0 Å². The molecule has 0 heterocycles. The Morgan fingerprint density at radius 1 is 1.17 bits per heavy atom. The van der Waals surface area contributed by atoms with Gasteiger partial charge in [0.2, 0.25) is 0 Å². The van der Waals surface area contributed by atoms with Gasteiger partial charge in [-0.3, -0.25) is 0 Å². The molecule has 0 aliphatic heterocycles. The van der Waals surface area contributed by atoms with E-state index >= 15 is 0 Å². The van der Waals surface area contributed by atoms with Crippen LogP contribution in [0.3, 0.4) is 0 Å². The summed E-state index contributed by atoms with van der Waals surface area (Å²) in [5, 5.41) is 12.0. The highest BCUT2D eigenvalue weighted by molar-refractivity contribution is 14.1. The third-order valence-electron chi connectivity index (χ3n) is 2.42. The quantitative estimate of drug-likeness (QED) is 0.584. The fourth-order valence-electron chi connectivity index (χ4n) is 1.49. The molecule has 2 aromatic rings. The zero-order chi connectivity index (χ0) is 13.1. The van der Waals surface area contributed by atoms with Crippen LogP contribution >= 0.6 is 22.6 Å². The molecular weight excluding hydrogens is 343 g/mol. The summed E-state index contributed by atoms with van der Waals surface area (Å²) in [6, 6.07) is 12.3. The lowest BCUT2D eigenvalue weighted by atomic mass is 10.1. The van der Waals surface area contributed by atoms with E-state index < -0.39 is 5.97 Å². The van der Waals surface area contributed by atoms with Gasteiger partial charge in [-0.2, -0.15) is 0 Å². The Bertz CT molecular complexity index is 582. The molecule has 0 saturated carbocycles. The molecule has 0 fully saturated rings. The molecule has 0 atom stereocenters. The molecule has 0 aliphatic rings. The topological polar surface area (TPSA) is 75.4 Å². The first-order valence-corrected chi connectivity index (χ1v) is 6.29. The van der Waals surface area contributed by atoms with E-state index in [2.05, 4.69) is 27.9 Å². The van der Waals surface area contributed by atoms with Gasteiger partial charge in [-0.15, -0.1) is 0 Å². The van der Waals surface area contributed by atoms with Crippen molar-refractivity contribution >= 4 is 45.6 Å². The molecule has 2 rings (SSSR count). The predicted molar refractivity (Wildman–Crippen MR) is 80.3 cm³/mol. The van der Waals surface area contributed by atoms with Gasteiger partial charge in [0.05, 0.1) is 16.9 Å². The number of halogens is 1. The number of benzene rings is 2. The molecule has 18 heavy (non-hydrogen) atoms. The summed E-state index contributed by atoms with van der Waals surface area (Å²) in [4.78, 5) is 10.9. The second kappa shape index (κ2) is 5.26. The maximum atomic E-state index is 10.9. The normalized spacial score (nSPS) is 10.1. The Balaban J connectivity index is 2.30. The largest absolute Gasteiger partial charge is 0.478 e. The number of hydrogen-bond donors (Lipinski definition) is 3. The van der Waals surface area contributed by atoms with E-state index in [0.717, 1.165) is 9.26 Å². The number of rotatable bonds is 3. The standard InChI is InChI=1S/C13H11IN2O2/c14-9-2-4-10(5-3-9)16-12-7-8(13(17)18)1-6-11(12)15/h1-7,16H,15H2,(H,17,18). The van der Waals surface area contributed by atoms with Gasteiger partial charge < -0.3 is 16.2 Å². The summed E-state index contributed by atoms with van der Waals surface area (Å²) in [6.07, 6.45) is 0. The van der Waals surface area contributed by atoms with Gasteiger partial charge in [0.1, 0.15) is 0 Å². The number of carbonyl (C=O) groups is 1. The number of carboxylic acid groups (broad SMARTS) is 1. The summed E-state index contributed by atoms with van der Waals surface area (Å²) >= 11 is 2.22. The smallest absolute Gasteiger partial charge is 0.335 e. The summed E-state index contributed by atoms with van der Waals surface area (Å²) in [6.45, 7) is 0. The number of nitrogen functional groups attached to an aromatic ring is 1. The van der Waals surface area contributed by atoms with E-state index in [1.54, 1.807) is 6.07 Å². The highest BCUT2D eigenvalue weighted by Gasteiger charge is 2.06. The van der Waals surface area contributed by atoms with E-state index in [9.17, 15) is 4.79 Å². The molecule has 0 saturated heterocycles. The van der Waals surface area contributed by atoms with Crippen LogP contribution in [0.2, 0.25) is 0 Å². The lowest BCUT2D eigenvalue weighted by Crippen LogP contribution is -2.01. The molecule has 0 amide bonds. The maximum Gasteiger partial charge on any atom is 0.335 e. The van der Waals surface area contributed by atoms with Crippen LogP contribution in [0.5, 0.6) is 0 Å². The Labute approximate surface area is 118 Å². The van der Waals surface area contributed by atoms with Gasteiger partial charge in [-0.05, 0) is 65.1 Å². The highest BCUT2D eigenvalue weighted by atomic mass is 127. The first-order valence-electron chi connectivity index (χ1n) is 5.21. The molecule has 4 nitrogen and oxygen atoms in total. The number of anilines is 3. The van der Waals surface area contributed by atoms with Crippen molar-refractivity contribution in [2.45, 2.75) is 0 Å². The fraction of sp³-hybridized carbons (Fsp3) is 0. The first-order chi connectivity index (χ1) is 8.56. The summed E-state index contributed by atoms with van der Waals surface area (Å²) < 4.78 is 1.13. The second-order valence-electron chi connectivity index (χ2n) is 3.74. The zero-order valence-electron chi connectivity index (χ0n) is 9.35. The highest BCUT2D eigenvalue weighted by Crippen LogP contribution is 2.24. The van der Waals surface area contributed by atoms with E-state index in [4.69, 9.17) is 10.8 Å². The van der Waals surface area contributed by atoms with Crippen LogP contribution < -0.4 is 11.1 Å². The van der Waals surface area contributed by atoms with Gasteiger partial charge in [-0.25, -0.2) is 4.79 Å². The predicted octanol–water partition coefficient (Wildman–Crippen LogP) is 3.32. The Hall–Kier alpha value is -1.76. The van der Waals surface area contributed by atoms with Crippen LogP contribution in [0.4, 0.5) is 17.1 Å². The minimum Gasteiger partial charge on any atom is -0.478 e. The van der Waals surface area contributed by atoms with Crippen molar-refractivity contribution in [3.8, 4) is 0 Å². The monoisotopic (exact) mass is 354 g/mol. The summed E-state index contributed by atoms with van der Waals surface area (Å²) in [5.74, 6) is -0.972. The van der Waals surface area contributed by atoms with Crippen LogP contribution in [0.15, 0.2) is 42.5 Å². The second-order valence-corrected chi connectivity index (χ2v) is 4.98. The molecule has 0 bridgehead atoms. The number of nitrogens with two attached hydrogens (primary N) is 1. The van der Waals surface area contributed by atoms with Crippen molar-refractivity contribution < 1.29 is 9.90 Å². The van der Waals surface area contributed by atoms with Crippen LogP contribution in [-0.4, -0.2) is 11.1 Å². The molecule has 0 aromatic heterocycles. The van der Waals surface area contributed by atoms with Crippen molar-refractivity contribution in [1.29, 1.82) is 0 Å². The summed E-state index contributed by atoms with van der Waals surface area (Å²) in [7, 11) is 0. The molecule has 0 unspecified atom stereocenters. The SMILES string of the molecule is Nc1ccc(C(=O)O)cc1Nc1ccc(I)cc1. The van der Waals surface area contributed by atoms with E-state index in [1.807, 2.05) is 24.3 Å². The van der Waals surface area contributed by atoms with Crippen LogP contribution in [0, 0.1) is 3.57 Å². The van der Waals surface area contributed by atoms with Crippen LogP contribution in [-0.2, 0) is 0 Å². The van der Waals surface area contributed by atoms with Gasteiger partial charge in [0.15, 0.2) is 0 Å². The molecule has 2 aromatic carbocycles. The maximum absolute atomic E-state index is 10.9. The molecule has 4 N–H and O–H groups in total. The number of hydrogen-bond acceptors (Lipinski definition) is 3. The van der Waals surface area contributed by atoms with Crippen LogP contribution in [0.1, 0.15) is 10.4 Å². The van der Waals surface area contributed by atoms with E-state index in [-0.39, 0.29) is 5.56 Å². The Morgan fingerprint density at radius 3 is 2.44 bits per heavy atom. The first kappa shape index (κ1) is 12.7. The van der Waals surface area contributed by atoms with E-state index in [1.165, 1.54) is 12.1 Å². The van der Waals surface area contributed by atoms with Crippen molar-refractivity contribution in [2.75, 3.05) is 11.1 Å². The molecule has 0 spiro atoms. The Kier molecular flexibility index (Phi) is 3.71. The Morgan fingerprint density at radius 2 is 1.83 bits per heavy atom. The third-order valence-corrected chi connectivity index (χ3v) is 3.14. The van der Waals surface area contributed by atoms with Crippen molar-refractivity contribution in [1.82, 2.24) is 0 Å². The lowest BCUT2D eigenvalue weighted by Gasteiger charge is -2.10. The van der Waals surface area contributed by atoms with E-state index in [0.29, 0.717) is 11.4 Å². The van der Waals surface area contributed by atoms with Gasteiger partial charge >= 0.3 is 5.97 Å². The van der Waals surface area contributed by atoms with Gasteiger partial charge in [0, 0.05) is 9.26 Å². The van der Waals surface area contributed by atoms with Crippen molar-refractivity contribution in [3.05, 3.63) is 51.6 Å². The van der Waals surface area contributed by atoms with Gasteiger partial charge in [-0.1, -0.05) is 0 Å². The molecule has 5 heteroatoms. The molecule has 92 valence electrons.